The van der Waals surface area contributed by atoms with Crippen LogP contribution in [0.15, 0.2) is 48.2 Å². The second kappa shape index (κ2) is 6.01. The number of benzene rings is 1. The zero-order valence-corrected chi connectivity index (χ0v) is 12.8. The van der Waals surface area contributed by atoms with Crippen LogP contribution in [0.2, 0.25) is 0 Å². The van der Waals surface area contributed by atoms with Crippen LogP contribution in [-0.4, -0.2) is 15.0 Å². The van der Waals surface area contributed by atoms with E-state index in [1.165, 1.54) is 0 Å². The molecule has 0 saturated heterocycles. The lowest BCUT2D eigenvalue weighted by molar-refractivity contribution is 0.810. The highest BCUT2D eigenvalue weighted by Gasteiger charge is 2.11. The Morgan fingerprint density at radius 2 is 1.95 bits per heavy atom. The Kier molecular flexibility index (Phi) is 3.92. The van der Waals surface area contributed by atoms with Gasteiger partial charge in [0.2, 0.25) is 0 Å². The van der Waals surface area contributed by atoms with Gasteiger partial charge in [-0.05, 0) is 26.0 Å². The molecule has 21 heavy (non-hydrogen) atoms. The highest BCUT2D eigenvalue weighted by atomic mass is 32.1. The van der Waals surface area contributed by atoms with Crippen molar-refractivity contribution in [3.05, 3.63) is 59.6 Å². The van der Waals surface area contributed by atoms with Crippen LogP contribution < -0.4 is 5.32 Å². The molecule has 0 bridgehead atoms. The first kappa shape index (κ1) is 13.7. The van der Waals surface area contributed by atoms with E-state index in [0.717, 1.165) is 27.6 Å². The van der Waals surface area contributed by atoms with Crippen LogP contribution in [0.1, 0.15) is 24.4 Å². The number of nitrogens with one attached hydrogen (secondary N) is 1. The minimum absolute atomic E-state index is 0.102. The molecule has 3 aromatic rings. The highest BCUT2D eigenvalue weighted by Crippen LogP contribution is 2.26. The zero-order chi connectivity index (χ0) is 14.7. The fourth-order valence-corrected chi connectivity index (χ4v) is 2.91. The summed E-state index contributed by atoms with van der Waals surface area (Å²) in [6.07, 6.45) is 5.27. The van der Waals surface area contributed by atoms with Crippen molar-refractivity contribution in [1.82, 2.24) is 15.0 Å². The van der Waals surface area contributed by atoms with Crippen LogP contribution in [0.3, 0.4) is 0 Å². The van der Waals surface area contributed by atoms with Crippen molar-refractivity contribution in [2.45, 2.75) is 19.9 Å². The topological polar surface area (TPSA) is 50.7 Å². The first-order valence-corrected chi connectivity index (χ1v) is 7.66. The lowest BCUT2D eigenvalue weighted by atomic mass is 10.1. The maximum atomic E-state index is 4.41. The summed E-state index contributed by atoms with van der Waals surface area (Å²) in [5.74, 6) is 0. The fraction of sp³-hybridized carbons (Fsp3) is 0.188. The third kappa shape index (κ3) is 3.08. The Hall–Kier alpha value is -2.27. The van der Waals surface area contributed by atoms with E-state index < -0.39 is 0 Å². The van der Waals surface area contributed by atoms with Crippen LogP contribution >= 0.6 is 11.3 Å². The zero-order valence-electron chi connectivity index (χ0n) is 11.9. The number of aryl methyl sites for hydroxylation is 1. The molecule has 1 unspecified atom stereocenters. The van der Waals surface area contributed by atoms with Gasteiger partial charge in [0, 0.05) is 35.2 Å². The maximum Gasteiger partial charge on any atom is 0.123 e. The van der Waals surface area contributed by atoms with Crippen molar-refractivity contribution in [2.75, 3.05) is 5.32 Å². The molecule has 106 valence electrons. The van der Waals surface area contributed by atoms with Gasteiger partial charge in [-0.3, -0.25) is 9.97 Å². The number of thiazole rings is 1. The first-order valence-electron chi connectivity index (χ1n) is 6.78. The van der Waals surface area contributed by atoms with Gasteiger partial charge in [-0.15, -0.1) is 11.3 Å². The van der Waals surface area contributed by atoms with E-state index >= 15 is 0 Å². The average molecular weight is 296 g/mol. The quantitative estimate of drug-likeness (QED) is 0.788. The average Bonchev–Trinajstić information content (AvgIpc) is 3.02. The van der Waals surface area contributed by atoms with Gasteiger partial charge in [-0.1, -0.05) is 12.1 Å². The van der Waals surface area contributed by atoms with Gasteiger partial charge in [0.1, 0.15) is 5.01 Å². The third-order valence-electron chi connectivity index (χ3n) is 3.25. The summed E-state index contributed by atoms with van der Waals surface area (Å²) in [6.45, 7) is 4.07. The molecule has 0 aliphatic carbocycles. The molecule has 2 aromatic heterocycles. The van der Waals surface area contributed by atoms with E-state index in [1.54, 1.807) is 23.7 Å². The van der Waals surface area contributed by atoms with Gasteiger partial charge >= 0.3 is 0 Å². The molecule has 5 heteroatoms. The summed E-state index contributed by atoms with van der Waals surface area (Å²) in [5.41, 5.74) is 4.10. The number of rotatable bonds is 4. The summed E-state index contributed by atoms with van der Waals surface area (Å²) in [7, 11) is 0. The molecule has 1 aromatic carbocycles. The van der Waals surface area contributed by atoms with Gasteiger partial charge in [-0.2, -0.15) is 0 Å². The van der Waals surface area contributed by atoms with Crippen molar-refractivity contribution < 1.29 is 0 Å². The standard InChI is InChI=1S/C16H16N4S/c1-11-15(18-7-6-17-11)12(2)20-14-5-3-4-13(10-14)16-19-8-9-21-16/h3-10,12,20H,1-2H3. The van der Waals surface area contributed by atoms with Gasteiger partial charge in [0.15, 0.2) is 0 Å². The van der Waals surface area contributed by atoms with E-state index in [1.807, 2.05) is 24.6 Å². The van der Waals surface area contributed by atoms with E-state index in [-0.39, 0.29) is 6.04 Å². The molecule has 4 nitrogen and oxygen atoms in total. The van der Waals surface area contributed by atoms with Gasteiger partial charge in [0.05, 0.1) is 17.4 Å². The summed E-state index contributed by atoms with van der Waals surface area (Å²) in [5, 5.41) is 6.49. The predicted molar refractivity (Wildman–Crippen MR) is 86.4 cm³/mol. The Labute approximate surface area is 127 Å². The van der Waals surface area contributed by atoms with E-state index in [2.05, 4.69) is 45.4 Å². The monoisotopic (exact) mass is 296 g/mol. The number of anilines is 1. The minimum Gasteiger partial charge on any atom is -0.377 e. The van der Waals surface area contributed by atoms with Crippen molar-refractivity contribution in [3.63, 3.8) is 0 Å². The molecular weight excluding hydrogens is 280 g/mol. The third-order valence-corrected chi connectivity index (χ3v) is 4.08. The Bertz CT molecular complexity index is 725. The van der Waals surface area contributed by atoms with E-state index in [4.69, 9.17) is 0 Å². The maximum absolute atomic E-state index is 4.41. The molecule has 1 atom stereocenters. The molecule has 0 spiro atoms. The number of hydrogen-bond donors (Lipinski definition) is 1. The Morgan fingerprint density at radius 3 is 2.71 bits per heavy atom. The van der Waals surface area contributed by atoms with Crippen molar-refractivity contribution >= 4 is 17.0 Å². The predicted octanol–water partition coefficient (Wildman–Crippen LogP) is 4.08. The Morgan fingerprint density at radius 1 is 1.10 bits per heavy atom. The summed E-state index contributed by atoms with van der Waals surface area (Å²) in [4.78, 5) is 13.0. The second-order valence-corrected chi connectivity index (χ2v) is 5.71. The number of aromatic nitrogens is 3. The van der Waals surface area contributed by atoms with Gasteiger partial charge in [-0.25, -0.2) is 4.98 Å². The van der Waals surface area contributed by atoms with Crippen LogP contribution in [0.5, 0.6) is 0 Å². The lowest BCUT2D eigenvalue weighted by Gasteiger charge is -2.16. The molecule has 0 radical (unpaired) electrons. The molecule has 0 fully saturated rings. The van der Waals surface area contributed by atoms with Crippen molar-refractivity contribution in [2.24, 2.45) is 0 Å². The summed E-state index contributed by atoms with van der Waals surface area (Å²) in [6, 6.07) is 8.38. The molecule has 0 amide bonds. The van der Waals surface area contributed by atoms with Crippen LogP contribution in [-0.2, 0) is 0 Å². The van der Waals surface area contributed by atoms with Gasteiger partial charge in [0.25, 0.3) is 0 Å². The summed E-state index contributed by atoms with van der Waals surface area (Å²) < 4.78 is 0. The molecule has 0 aliphatic heterocycles. The largest absolute Gasteiger partial charge is 0.377 e. The minimum atomic E-state index is 0.102. The van der Waals surface area contributed by atoms with Crippen LogP contribution in [0, 0.1) is 6.92 Å². The van der Waals surface area contributed by atoms with E-state index in [0.29, 0.717) is 0 Å². The lowest BCUT2D eigenvalue weighted by Crippen LogP contribution is -2.10. The van der Waals surface area contributed by atoms with Gasteiger partial charge < -0.3 is 5.32 Å². The van der Waals surface area contributed by atoms with Crippen molar-refractivity contribution in [3.8, 4) is 10.6 Å². The van der Waals surface area contributed by atoms with Crippen LogP contribution in [0.25, 0.3) is 10.6 Å². The molecule has 0 aliphatic rings. The number of hydrogen-bond acceptors (Lipinski definition) is 5. The van der Waals surface area contributed by atoms with Crippen LogP contribution in [0.4, 0.5) is 5.69 Å². The molecular formula is C16H16N4S. The highest BCUT2D eigenvalue weighted by molar-refractivity contribution is 7.13. The second-order valence-electron chi connectivity index (χ2n) is 4.81. The SMILES string of the molecule is Cc1nccnc1C(C)Nc1cccc(-c2nccs2)c1. The normalized spacial score (nSPS) is 12.1. The molecule has 3 rings (SSSR count). The molecule has 2 heterocycles. The number of nitrogens with zero attached hydrogens (tertiary/aromatic N) is 3. The summed E-state index contributed by atoms with van der Waals surface area (Å²) >= 11 is 1.64. The fourth-order valence-electron chi connectivity index (χ4n) is 2.27. The Balaban J connectivity index is 1.82. The molecule has 0 saturated carbocycles. The first-order chi connectivity index (χ1) is 10.2. The van der Waals surface area contributed by atoms with E-state index in [9.17, 15) is 0 Å². The van der Waals surface area contributed by atoms with Crippen molar-refractivity contribution in [1.29, 1.82) is 0 Å². The molecule has 1 N–H and O–H groups in total. The smallest absolute Gasteiger partial charge is 0.123 e.